The van der Waals surface area contributed by atoms with Crippen LogP contribution in [0.3, 0.4) is 0 Å². The van der Waals surface area contributed by atoms with E-state index in [9.17, 15) is 19.5 Å². The maximum absolute atomic E-state index is 12.5. The number of likely N-dealkylation sites (N-methyl/N-ethyl adjacent to an activating group) is 1. The highest BCUT2D eigenvalue weighted by Gasteiger charge is 2.32. The molecule has 0 aliphatic carbocycles. The van der Waals surface area contributed by atoms with Crippen LogP contribution in [0.1, 0.15) is 28.9 Å². The highest BCUT2D eigenvalue weighted by Crippen LogP contribution is 2.37. The van der Waals surface area contributed by atoms with Gasteiger partial charge in [-0.25, -0.2) is 0 Å². The van der Waals surface area contributed by atoms with Crippen LogP contribution in [0.15, 0.2) is 45.9 Å². The molecule has 1 N–H and O–H groups in total. The number of benzene rings is 1. The lowest BCUT2D eigenvalue weighted by Gasteiger charge is -2.31. The van der Waals surface area contributed by atoms with E-state index in [-0.39, 0.29) is 28.7 Å². The van der Waals surface area contributed by atoms with E-state index in [1.807, 2.05) is 0 Å². The van der Waals surface area contributed by atoms with E-state index >= 15 is 0 Å². The van der Waals surface area contributed by atoms with E-state index in [1.54, 1.807) is 41.4 Å². The van der Waals surface area contributed by atoms with Crippen LogP contribution in [0.25, 0.3) is 6.08 Å². The molecule has 8 nitrogen and oxygen atoms in total. The summed E-state index contributed by atoms with van der Waals surface area (Å²) in [6.07, 6.45) is 4.78. The number of aromatic nitrogens is 1. The summed E-state index contributed by atoms with van der Waals surface area (Å²) in [5, 5.41) is 9.98. The Labute approximate surface area is 203 Å². The summed E-state index contributed by atoms with van der Waals surface area (Å²) in [7, 11) is 1.44. The van der Waals surface area contributed by atoms with Crippen LogP contribution in [0, 0.1) is 5.92 Å². The molecule has 1 aromatic carbocycles. The van der Waals surface area contributed by atoms with Gasteiger partial charge < -0.3 is 14.7 Å². The molecule has 0 radical (unpaired) electrons. The van der Waals surface area contributed by atoms with Gasteiger partial charge in [-0.05, 0) is 66.4 Å². The Kier molecular flexibility index (Phi) is 7.04. The molecule has 2 fully saturated rings. The van der Waals surface area contributed by atoms with Gasteiger partial charge in [-0.2, -0.15) is 0 Å². The number of ether oxygens (including phenoxy) is 1. The molecule has 10 heteroatoms. The number of imide groups is 1. The number of halogens is 1. The van der Waals surface area contributed by atoms with Gasteiger partial charge in [-0.3, -0.25) is 24.3 Å². The fourth-order valence-electron chi connectivity index (χ4n) is 3.63. The normalized spacial score (nSPS) is 18.3. The summed E-state index contributed by atoms with van der Waals surface area (Å²) in [4.78, 5) is 43.8. The molecule has 0 saturated carbocycles. The number of carbonyl (C=O) groups is 3. The number of piperidine rings is 1. The molecule has 33 heavy (non-hydrogen) atoms. The third-order valence-corrected chi connectivity index (χ3v) is 7.26. The minimum atomic E-state index is -0.362. The monoisotopic (exact) mass is 531 g/mol. The molecule has 0 spiro atoms. The minimum Gasteiger partial charge on any atom is -0.504 e. The van der Waals surface area contributed by atoms with Gasteiger partial charge in [-0.15, -0.1) is 0 Å². The number of hydrogen-bond acceptors (Lipinski definition) is 7. The molecule has 2 aromatic rings. The highest BCUT2D eigenvalue weighted by atomic mass is 79.9. The highest BCUT2D eigenvalue weighted by molar-refractivity contribution is 9.10. The summed E-state index contributed by atoms with van der Waals surface area (Å²) < 4.78 is 6.48. The van der Waals surface area contributed by atoms with E-state index in [0.29, 0.717) is 46.1 Å². The number of nitrogens with zero attached hydrogens (tertiary/aromatic N) is 3. The summed E-state index contributed by atoms with van der Waals surface area (Å²) in [5.74, 6) is 0.0829. The summed E-state index contributed by atoms with van der Waals surface area (Å²) in [6, 6.07) is 8.44. The van der Waals surface area contributed by atoms with Crippen LogP contribution < -0.4 is 4.74 Å². The van der Waals surface area contributed by atoms with Gasteiger partial charge >= 0.3 is 0 Å². The van der Waals surface area contributed by atoms with Gasteiger partial charge in [0.1, 0.15) is 5.69 Å². The third-order valence-electron chi connectivity index (χ3n) is 5.61. The van der Waals surface area contributed by atoms with E-state index < -0.39 is 0 Å². The maximum Gasteiger partial charge on any atom is 0.293 e. The number of aromatic hydroxyl groups is 1. The first-order chi connectivity index (χ1) is 15.8. The van der Waals surface area contributed by atoms with Crippen molar-refractivity contribution in [3.8, 4) is 11.5 Å². The number of hydrogen-bond donors (Lipinski definition) is 1. The zero-order valence-corrected chi connectivity index (χ0v) is 20.3. The molecule has 3 amide bonds. The average molecular weight is 532 g/mol. The molecule has 0 unspecified atom stereocenters. The second kappa shape index (κ2) is 9.96. The Morgan fingerprint density at radius 1 is 1.30 bits per heavy atom. The first kappa shape index (κ1) is 23.3. The van der Waals surface area contributed by atoms with Crippen LogP contribution >= 0.6 is 27.7 Å². The molecule has 4 rings (SSSR count). The van der Waals surface area contributed by atoms with Gasteiger partial charge in [0, 0.05) is 30.8 Å². The zero-order chi connectivity index (χ0) is 23.5. The molecule has 0 atom stereocenters. The van der Waals surface area contributed by atoms with Crippen molar-refractivity contribution in [2.24, 2.45) is 5.92 Å². The average Bonchev–Trinajstić information content (AvgIpc) is 3.07. The second-order valence-corrected chi connectivity index (χ2v) is 9.69. The number of rotatable bonds is 5. The Balaban J connectivity index is 1.37. The Morgan fingerprint density at radius 3 is 2.70 bits per heavy atom. The SMILES string of the molecule is CN1C(=O)S/C(=C\c2cc(OCC3CCN(C(=O)c4ccccn4)CC3)c(O)cc2Br)C1=O. The summed E-state index contributed by atoms with van der Waals surface area (Å²) >= 11 is 4.25. The second-order valence-electron chi connectivity index (χ2n) is 7.84. The van der Waals surface area contributed by atoms with Crippen molar-refractivity contribution < 1.29 is 24.2 Å². The van der Waals surface area contributed by atoms with E-state index in [0.717, 1.165) is 29.5 Å². The molecule has 3 heterocycles. The molecule has 2 aliphatic heterocycles. The number of phenols is 1. The van der Waals surface area contributed by atoms with Gasteiger partial charge in [-0.1, -0.05) is 22.0 Å². The fourth-order valence-corrected chi connectivity index (χ4v) is 4.90. The fraction of sp³-hybridized carbons (Fsp3) is 0.304. The first-order valence-electron chi connectivity index (χ1n) is 10.4. The molecule has 2 aliphatic rings. The summed E-state index contributed by atoms with van der Waals surface area (Å²) in [5.41, 5.74) is 1.07. The molecular weight excluding hydrogens is 510 g/mol. The van der Waals surface area contributed by atoms with Crippen molar-refractivity contribution >= 4 is 50.8 Å². The Hall–Kier alpha value is -2.85. The van der Waals surface area contributed by atoms with Crippen LogP contribution in [-0.4, -0.2) is 63.7 Å². The number of carbonyl (C=O) groups excluding carboxylic acids is 3. The maximum atomic E-state index is 12.5. The predicted octanol–water partition coefficient (Wildman–Crippen LogP) is 4.15. The number of thioether (sulfide) groups is 1. The number of pyridine rings is 1. The predicted molar refractivity (Wildman–Crippen MR) is 128 cm³/mol. The van der Waals surface area contributed by atoms with Crippen molar-refractivity contribution in [3.63, 3.8) is 0 Å². The smallest absolute Gasteiger partial charge is 0.293 e. The molecule has 0 bridgehead atoms. The lowest BCUT2D eigenvalue weighted by Crippen LogP contribution is -2.40. The molecule has 2 saturated heterocycles. The first-order valence-corrected chi connectivity index (χ1v) is 12.0. The Morgan fingerprint density at radius 2 is 2.06 bits per heavy atom. The largest absolute Gasteiger partial charge is 0.504 e. The van der Waals surface area contributed by atoms with Gasteiger partial charge in [0.25, 0.3) is 17.1 Å². The zero-order valence-electron chi connectivity index (χ0n) is 17.9. The topological polar surface area (TPSA) is 100 Å². The van der Waals surface area contributed by atoms with Crippen molar-refractivity contribution in [3.05, 3.63) is 57.2 Å². The van der Waals surface area contributed by atoms with Crippen molar-refractivity contribution in [2.45, 2.75) is 12.8 Å². The van der Waals surface area contributed by atoms with E-state index in [4.69, 9.17) is 4.74 Å². The number of phenolic OH excluding ortho intramolecular Hbond substituents is 1. The summed E-state index contributed by atoms with van der Waals surface area (Å²) in [6.45, 7) is 1.63. The quantitative estimate of drug-likeness (QED) is 0.578. The lowest BCUT2D eigenvalue weighted by atomic mass is 9.97. The lowest BCUT2D eigenvalue weighted by molar-refractivity contribution is -0.121. The number of amides is 3. The van der Waals surface area contributed by atoms with Gasteiger partial charge in [0.05, 0.1) is 11.5 Å². The van der Waals surface area contributed by atoms with Crippen molar-refractivity contribution in [1.82, 2.24) is 14.8 Å². The van der Waals surface area contributed by atoms with Gasteiger partial charge in [0.15, 0.2) is 11.5 Å². The van der Waals surface area contributed by atoms with Gasteiger partial charge in [0.2, 0.25) is 0 Å². The van der Waals surface area contributed by atoms with Crippen LogP contribution in [0.5, 0.6) is 11.5 Å². The minimum absolute atomic E-state index is 0.0228. The third kappa shape index (κ3) is 5.22. The van der Waals surface area contributed by atoms with E-state index in [2.05, 4.69) is 20.9 Å². The van der Waals surface area contributed by atoms with Crippen molar-refractivity contribution in [1.29, 1.82) is 0 Å². The molecular formula is C23H22BrN3O5S. The number of likely N-dealkylation sites (tertiary alicyclic amines) is 1. The van der Waals surface area contributed by atoms with Crippen molar-refractivity contribution in [2.75, 3.05) is 26.7 Å². The van der Waals surface area contributed by atoms with Crippen LogP contribution in [0.4, 0.5) is 4.79 Å². The molecule has 172 valence electrons. The van der Waals surface area contributed by atoms with Crippen LogP contribution in [0.2, 0.25) is 0 Å². The van der Waals surface area contributed by atoms with E-state index in [1.165, 1.54) is 13.1 Å². The standard InChI is InChI=1S/C23H22BrN3O5S/c1-26-22(30)20(33-23(26)31)11-15-10-19(18(28)12-16(15)24)32-13-14-5-8-27(9-6-14)21(29)17-4-2-3-7-25-17/h2-4,7,10-12,14,28H,5-6,8-9,13H2,1H3/b20-11-. The molecule has 1 aromatic heterocycles. The van der Waals surface area contributed by atoms with Crippen LogP contribution in [-0.2, 0) is 4.79 Å². The Bertz CT molecular complexity index is 1120.